The Morgan fingerprint density at radius 3 is 2.53 bits per heavy atom. The van der Waals surface area contributed by atoms with Crippen molar-refractivity contribution >= 4 is 15.9 Å². The van der Waals surface area contributed by atoms with E-state index >= 15 is 0 Å². The van der Waals surface area contributed by atoms with Crippen LogP contribution in [-0.4, -0.2) is 61.8 Å². The summed E-state index contributed by atoms with van der Waals surface area (Å²) < 4.78 is 27.1. The molecule has 6 nitrogen and oxygen atoms in total. The normalized spacial score (nSPS) is 28.7. The Morgan fingerprint density at radius 2 is 2.13 bits per heavy atom. The summed E-state index contributed by atoms with van der Waals surface area (Å²) in [4.78, 5) is 12.4. The number of aliphatic hydroxyl groups is 1. The summed E-state index contributed by atoms with van der Waals surface area (Å²) >= 11 is 0. The van der Waals surface area contributed by atoms with Crippen molar-refractivity contribution in [2.45, 2.75) is 19.1 Å². The Hall–Kier alpha value is -0.820. The van der Waals surface area contributed by atoms with Crippen LogP contribution in [0.1, 0.15) is 6.92 Å². The van der Waals surface area contributed by atoms with Crippen LogP contribution in [0.15, 0.2) is 0 Å². The van der Waals surface area contributed by atoms with Gasteiger partial charge in [-0.2, -0.15) is 0 Å². The maximum atomic E-state index is 11.3. The number of ether oxygens (including phenoxy) is 1. The molecule has 0 radical (unpaired) electrons. The van der Waals surface area contributed by atoms with Crippen LogP contribution in [0.2, 0.25) is 0 Å². The molecule has 15 heavy (non-hydrogen) atoms. The number of amides is 1. The fourth-order valence-electron chi connectivity index (χ4n) is 1.54. The lowest BCUT2D eigenvalue weighted by Crippen LogP contribution is -2.44. The first-order valence-electron chi connectivity index (χ1n) is 4.65. The van der Waals surface area contributed by atoms with Crippen molar-refractivity contribution in [1.29, 1.82) is 0 Å². The standard InChI is InChI=1S/C8H15NO5S/c1-3-14-8(11)9(2)6-4-15(12,13)5-7(6)10/h6-7,10H,3-5H2,1-2H3/t6-,7+/m1/s1. The number of carbonyl (C=O) groups excluding carboxylic acids is 1. The predicted molar refractivity (Wildman–Crippen MR) is 53.2 cm³/mol. The Morgan fingerprint density at radius 1 is 1.53 bits per heavy atom. The minimum absolute atomic E-state index is 0.205. The SMILES string of the molecule is CCOC(=O)N(C)[C@@H]1CS(=O)(=O)C[C@@H]1O. The Balaban J connectivity index is 2.69. The van der Waals surface area contributed by atoms with Crippen LogP contribution < -0.4 is 0 Å². The fraction of sp³-hybridized carbons (Fsp3) is 0.875. The molecule has 1 aliphatic rings. The van der Waals surface area contributed by atoms with Gasteiger partial charge in [-0.15, -0.1) is 0 Å². The molecule has 0 unspecified atom stereocenters. The van der Waals surface area contributed by atoms with E-state index in [1.54, 1.807) is 6.92 Å². The Kier molecular flexibility index (Phi) is 3.56. The average Bonchev–Trinajstić information content (AvgIpc) is 2.39. The second-order valence-electron chi connectivity index (χ2n) is 3.52. The van der Waals surface area contributed by atoms with Crippen molar-refractivity contribution < 1.29 is 23.1 Å². The highest BCUT2D eigenvalue weighted by Crippen LogP contribution is 2.17. The highest BCUT2D eigenvalue weighted by Gasteiger charge is 2.40. The highest BCUT2D eigenvalue weighted by molar-refractivity contribution is 7.91. The monoisotopic (exact) mass is 237 g/mol. The summed E-state index contributed by atoms with van der Waals surface area (Å²) in [5, 5.41) is 9.48. The molecule has 0 aliphatic carbocycles. The number of hydrogen-bond donors (Lipinski definition) is 1. The molecule has 0 saturated carbocycles. The molecule has 0 aromatic rings. The molecule has 2 atom stereocenters. The minimum atomic E-state index is -3.24. The van der Waals surface area contributed by atoms with Gasteiger partial charge in [0.15, 0.2) is 9.84 Å². The molecule has 88 valence electrons. The lowest BCUT2D eigenvalue weighted by Gasteiger charge is -2.24. The molecule has 1 amide bonds. The van der Waals surface area contributed by atoms with E-state index in [0.29, 0.717) is 0 Å². The van der Waals surface area contributed by atoms with Gasteiger partial charge in [-0.1, -0.05) is 0 Å². The molecule has 0 aromatic carbocycles. The molecular formula is C8H15NO5S. The molecule has 1 N–H and O–H groups in total. The van der Waals surface area contributed by atoms with Gasteiger partial charge in [0.05, 0.1) is 30.3 Å². The highest BCUT2D eigenvalue weighted by atomic mass is 32.2. The van der Waals surface area contributed by atoms with E-state index in [2.05, 4.69) is 0 Å². The van der Waals surface area contributed by atoms with Crippen LogP contribution in [0.4, 0.5) is 4.79 Å². The van der Waals surface area contributed by atoms with Crippen LogP contribution in [0, 0.1) is 0 Å². The first-order chi connectivity index (χ1) is 6.87. The zero-order valence-electron chi connectivity index (χ0n) is 8.71. The van der Waals surface area contributed by atoms with E-state index in [4.69, 9.17) is 4.74 Å². The number of aliphatic hydroxyl groups excluding tert-OH is 1. The maximum Gasteiger partial charge on any atom is 0.409 e. The molecule has 1 rings (SSSR count). The van der Waals surface area contributed by atoms with Gasteiger partial charge in [0.2, 0.25) is 0 Å². The van der Waals surface area contributed by atoms with E-state index in [1.165, 1.54) is 7.05 Å². The summed E-state index contributed by atoms with van der Waals surface area (Å²) in [5.41, 5.74) is 0. The molecule has 1 saturated heterocycles. The predicted octanol–water partition coefficient (Wildman–Crippen LogP) is -0.767. The van der Waals surface area contributed by atoms with Crippen molar-refractivity contribution in [3.8, 4) is 0 Å². The number of rotatable bonds is 2. The molecule has 0 bridgehead atoms. The van der Waals surface area contributed by atoms with E-state index in [0.717, 1.165) is 4.90 Å². The summed E-state index contributed by atoms with van der Waals surface area (Å²) in [5.74, 6) is -0.495. The van der Waals surface area contributed by atoms with Crippen molar-refractivity contribution in [2.24, 2.45) is 0 Å². The second kappa shape index (κ2) is 4.36. The van der Waals surface area contributed by atoms with Gasteiger partial charge < -0.3 is 14.7 Å². The number of likely N-dealkylation sites (N-methyl/N-ethyl adjacent to an activating group) is 1. The summed E-state index contributed by atoms with van der Waals surface area (Å²) in [7, 11) is -1.81. The fourth-order valence-corrected chi connectivity index (χ4v) is 3.39. The van der Waals surface area contributed by atoms with E-state index in [-0.39, 0.29) is 18.1 Å². The topological polar surface area (TPSA) is 83.9 Å². The number of sulfone groups is 1. The van der Waals surface area contributed by atoms with Gasteiger partial charge >= 0.3 is 6.09 Å². The van der Waals surface area contributed by atoms with Crippen LogP contribution in [-0.2, 0) is 14.6 Å². The van der Waals surface area contributed by atoms with Crippen molar-refractivity contribution in [3.05, 3.63) is 0 Å². The second-order valence-corrected chi connectivity index (χ2v) is 5.68. The lowest BCUT2D eigenvalue weighted by molar-refractivity contribution is 0.0683. The quantitative estimate of drug-likeness (QED) is 0.682. The van der Waals surface area contributed by atoms with Gasteiger partial charge in [-0.25, -0.2) is 13.2 Å². The largest absolute Gasteiger partial charge is 0.450 e. The number of nitrogens with zero attached hydrogens (tertiary/aromatic N) is 1. The van der Waals surface area contributed by atoms with Crippen molar-refractivity contribution in [3.63, 3.8) is 0 Å². The smallest absolute Gasteiger partial charge is 0.409 e. The zero-order chi connectivity index (χ0) is 11.6. The van der Waals surface area contributed by atoms with E-state index in [9.17, 15) is 18.3 Å². The lowest BCUT2D eigenvalue weighted by atomic mass is 10.2. The first kappa shape index (κ1) is 12.3. The molecule has 1 aliphatic heterocycles. The van der Waals surface area contributed by atoms with Crippen LogP contribution >= 0.6 is 0 Å². The summed E-state index contributed by atoms with van der Waals surface area (Å²) in [6, 6.07) is -0.700. The third kappa shape index (κ3) is 2.82. The molecule has 1 heterocycles. The third-order valence-corrected chi connectivity index (χ3v) is 4.05. The van der Waals surface area contributed by atoms with Crippen molar-refractivity contribution in [2.75, 3.05) is 25.2 Å². The molecule has 0 spiro atoms. The van der Waals surface area contributed by atoms with Gasteiger partial charge in [0.1, 0.15) is 0 Å². The van der Waals surface area contributed by atoms with Crippen molar-refractivity contribution in [1.82, 2.24) is 4.90 Å². The molecular weight excluding hydrogens is 222 g/mol. The average molecular weight is 237 g/mol. The molecule has 0 aromatic heterocycles. The van der Waals surface area contributed by atoms with Crippen LogP contribution in [0.5, 0.6) is 0 Å². The Labute approximate surface area is 88.7 Å². The first-order valence-corrected chi connectivity index (χ1v) is 6.47. The molecule has 1 fully saturated rings. The van der Waals surface area contributed by atoms with Gasteiger partial charge in [0.25, 0.3) is 0 Å². The maximum absolute atomic E-state index is 11.3. The molecule has 7 heteroatoms. The van der Waals surface area contributed by atoms with Crippen LogP contribution in [0.3, 0.4) is 0 Å². The number of hydrogen-bond acceptors (Lipinski definition) is 5. The van der Waals surface area contributed by atoms with E-state index in [1.807, 2.05) is 0 Å². The van der Waals surface area contributed by atoms with Gasteiger partial charge in [-0.3, -0.25) is 0 Å². The zero-order valence-corrected chi connectivity index (χ0v) is 9.53. The van der Waals surface area contributed by atoms with Gasteiger partial charge in [-0.05, 0) is 6.92 Å². The summed E-state index contributed by atoms with van der Waals surface area (Å²) in [6.07, 6.45) is -1.64. The minimum Gasteiger partial charge on any atom is -0.450 e. The van der Waals surface area contributed by atoms with E-state index < -0.39 is 28.1 Å². The summed E-state index contributed by atoms with van der Waals surface area (Å²) in [6.45, 7) is 1.88. The number of carbonyl (C=O) groups is 1. The Bertz CT molecular complexity index is 339. The third-order valence-electron chi connectivity index (χ3n) is 2.35. The van der Waals surface area contributed by atoms with Gasteiger partial charge in [0, 0.05) is 7.05 Å². The van der Waals surface area contributed by atoms with Crippen LogP contribution in [0.25, 0.3) is 0 Å².